The molecule has 0 aliphatic carbocycles. The summed E-state index contributed by atoms with van der Waals surface area (Å²) in [5, 5.41) is 3.45. The largest absolute Gasteiger partial charge is 0.497 e. The molecule has 1 aromatic rings. The molecule has 106 valence electrons. The number of rotatable bonds is 6. The zero-order chi connectivity index (χ0) is 13.5. The Kier molecular flexibility index (Phi) is 5.67. The van der Waals surface area contributed by atoms with E-state index in [4.69, 9.17) is 9.47 Å². The van der Waals surface area contributed by atoms with Crippen molar-refractivity contribution in [3.8, 4) is 5.75 Å². The Bertz CT molecular complexity index is 375. The van der Waals surface area contributed by atoms with Crippen molar-refractivity contribution in [3.63, 3.8) is 0 Å². The first kappa shape index (κ1) is 14.4. The molecule has 0 amide bonds. The standard InChI is InChI=1S/C16H25NO2/c1-17-15(10-13-6-8-19-9-7-13)11-14-4-3-5-16(12-14)18-2/h3-5,12-13,15,17H,6-11H2,1-2H3. The van der Waals surface area contributed by atoms with Crippen molar-refractivity contribution >= 4 is 0 Å². The number of hydrogen-bond donors (Lipinski definition) is 1. The van der Waals surface area contributed by atoms with Crippen LogP contribution in [0.2, 0.25) is 0 Å². The first-order valence-corrected chi connectivity index (χ1v) is 7.19. The average Bonchev–Trinajstić information content (AvgIpc) is 2.48. The van der Waals surface area contributed by atoms with Gasteiger partial charge in [0.2, 0.25) is 0 Å². The summed E-state index contributed by atoms with van der Waals surface area (Å²) in [5.74, 6) is 1.75. The van der Waals surface area contributed by atoms with Crippen LogP contribution in [0.25, 0.3) is 0 Å². The van der Waals surface area contributed by atoms with E-state index in [1.807, 2.05) is 6.07 Å². The summed E-state index contributed by atoms with van der Waals surface area (Å²) in [6.07, 6.45) is 4.70. The van der Waals surface area contributed by atoms with Gasteiger partial charge < -0.3 is 14.8 Å². The molecule has 0 saturated carbocycles. The summed E-state index contributed by atoms with van der Waals surface area (Å²) < 4.78 is 10.7. The van der Waals surface area contributed by atoms with E-state index in [0.29, 0.717) is 6.04 Å². The molecule has 3 nitrogen and oxygen atoms in total. The molecule has 1 saturated heterocycles. The molecule has 0 radical (unpaired) electrons. The normalized spacial score (nSPS) is 18.2. The summed E-state index contributed by atoms with van der Waals surface area (Å²) in [7, 11) is 3.78. The van der Waals surface area contributed by atoms with Gasteiger partial charge in [0.15, 0.2) is 0 Å². The molecular weight excluding hydrogens is 238 g/mol. The number of benzene rings is 1. The predicted molar refractivity (Wildman–Crippen MR) is 77.7 cm³/mol. The fraction of sp³-hybridized carbons (Fsp3) is 0.625. The van der Waals surface area contributed by atoms with Gasteiger partial charge in [0.05, 0.1) is 7.11 Å². The predicted octanol–water partition coefficient (Wildman–Crippen LogP) is 2.64. The number of ether oxygens (including phenoxy) is 2. The third kappa shape index (κ3) is 4.51. The molecule has 1 heterocycles. The minimum Gasteiger partial charge on any atom is -0.497 e. The van der Waals surface area contributed by atoms with E-state index in [1.165, 1.54) is 24.8 Å². The van der Waals surface area contributed by atoms with E-state index in [-0.39, 0.29) is 0 Å². The molecule has 1 N–H and O–H groups in total. The van der Waals surface area contributed by atoms with Crippen molar-refractivity contribution in [2.45, 2.75) is 31.7 Å². The van der Waals surface area contributed by atoms with E-state index in [9.17, 15) is 0 Å². The van der Waals surface area contributed by atoms with Gasteiger partial charge in [0, 0.05) is 19.3 Å². The molecule has 1 aliphatic heterocycles. The van der Waals surface area contributed by atoms with Crippen molar-refractivity contribution in [1.82, 2.24) is 5.32 Å². The van der Waals surface area contributed by atoms with Gasteiger partial charge in [-0.05, 0) is 56.3 Å². The average molecular weight is 263 g/mol. The zero-order valence-electron chi connectivity index (χ0n) is 12.0. The smallest absolute Gasteiger partial charge is 0.119 e. The summed E-state index contributed by atoms with van der Waals surface area (Å²) in [5.41, 5.74) is 1.34. The van der Waals surface area contributed by atoms with Crippen molar-refractivity contribution in [2.75, 3.05) is 27.4 Å². The maximum atomic E-state index is 5.43. The van der Waals surface area contributed by atoms with Gasteiger partial charge in [-0.2, -0.15) is 0 Å². The number of nitrogens with one attached hydrogen (secondary N) is 1. The molecule has 1 aliphatic rings. The summed E-state index contributed by atoms with van der Waals surface area (Å²) in [4.78, 5) is 0. The maximum Gasteiger partial charge on any atom is 0.119 e. The molecule has 1 aromatic carbocycles. The molecule has 0 aromatic heterocycles. The van der Waals surface area contributed by atoms with Crippen LogP contribution >= 0.6 is 0 Å². The molecule has 3 heteroatoms. The third-order valence-electron chi connectivity index (χ3n) is 3.98. The molecular formula is C16H25NO2. The topological polar surface area (TPSA) is 30.5 Å². The maximum absolute atomic E-state index is 5.43. The third-order valence-corrected chi connectivity index (χ3v) is 3.98. The Balaban J connectivity index is 1.90. The van der Waals surface area contributed by atoms with Crippen LogP contribution in [-0.2, 0) is 11.2 Å². The van der Waals surface area contributed by atoms with Crippen molar-refractivity contribution in [1.29, 1.82) is 0 Å². The van der Waals surface area contributed by atoms with Gasteiger partial charge in [-0.3, -0.25) is 0 Å². The van der Waals surface area contributed by atoms with Gasteiger partial charge in [-0.1, -0.05) is 12.1 Å². The quantitative estimate of drug-likeness (QED) is 0.856. The lowest BCUT2D eigenvalue weighted by atomic mass is 9.90. The van der Waals surface area contributed by atoms with Gasteiger partial charge >= 0.3 is 0 Å². The number of hydrogen-bond acceptors (Lipinski definition) is 3. The second-order valence-electron chi connectivity index (χ2n) is 5.33. The highest BCUT2D eigenvalue weighted by Crippen LogP contribution is 2.22. The molecule has 2 rings (SSSR count). The van der Waals surface area contributed by atoms with Crippen LogP contribution in [0.15, 0.2) is 24.3 Å². The molecule has 0 bridgehead atoms. The second kappa shape index (κ2) is 7.51. The molecule has 1 atom stereocenters. The Morgan fingerprint density at radius 2 is 2.16 bits per heavy atom. The van der Waals surface area contributed by atoms with E-state index in [0.717, 1.165) is 31.3 Å². The van der Waals surface area contributed by atoms with Crippen molar-refractivity contribution in [3.05, 3.63) is 29.8 Å². The molecule has 0 spiro atoms. The first-order chi connectivity index (χ1) is 9.31. The van der Waals surface area contributed by atoms with Crippen LogP contribution < -0.4 is 10.1 Å². The molecule has 1 fully saturated rings. The minimum absolute atomic E-state index is 0.537. The SMILES string of the molecule is CNC(Cc1cccc(OC)c1)CC1CCOCC1. The lowest BCUT2D eigenvalue weighted by molar-refractivity contribution is 0.0608. The van der Waals surface area contributed by atoms with Gasteiger partial charge in [0.1, 0.15) is 5.75 Å². The van der Waals surface area contributed by atoms with Crippen molar-refractivity contribution < 1.29 is 9.47 Å². The fourth-order valence-corrected chi connectivity index (χ4v) is 2.77. The van der Waals surface area contributed by atoms with Gasteiger partial charge in [-0.25, -0.2) is 0 Å². The van der Waals surface area contributed by atoms with Crippen molar-refractivity contribution in [2.24, 2.45) is 5.92 Å². The van der Waals surface area contributed by atoms with Crippen LogP contribution in [0, 0.1) is 5.92 Å². The van der Waals surface area contributed by atoms with E-state index >= 15 is 0 Å². The van der Waals surface area contributed by atoms with E-state index in [1.54, 1.807) is 7.11 Å². The highest BCUT2D eigenvalue weighted by atomic mass is 16.5. The Morgan fingerprint density at radius 3 is 2.84 bits per heavy atom. The highest BCUT2D eigenvalue weighted by molar-refractivity contribution is 5.28. The second-order valence-corrected chi connectivity index (χ2v) is 5.33. The number of methoxy groups -OCH3 is 1. The van der Waals surface area contributed by atoms with Gasteiger partial charge in [-0.15, -0.1) is 0 Å². The van der Waals surface area contributed by atoms with Crippen LogP contribution in [0.4, 0.5) is 0 Å². The first-order valence-electron chi connectivity index (χ1n) is 7.19. The van der Waals surface area contributed by atoms with Crippen LogP contribution in [0.3, 0.4) is 0 Å². The lowest BCUT2D eigenvalue weighted by Crippen LogP contribution is -2.31. The van der Waals surface area contributed by atoms with Gasteiger partial charge in [0.25, 0.3) is 0 Å². The minimum atomic E-state index is 0.537. The van der Waals surface area contributed by atoms with Crippen LogP contribution in [0.5, 0.6) is 5.75 Å². The van der Waals surface area contributed by atoms with Crippen LogP contribution in [-0.4, -0.2) is 33.4 Å². The Morgan fingerprint density at radius 1 is 1.37 bits per heavy atom. The number of likely N-dealkylation sites (N-methyl/N-ethyl adjacent to an activating group) is 1. The molecule has 19 heavy (non-hydrogen) atoms. The Hall–Kier alpha value is -1.06. The Labute approximate surface area is 116 Å². The summed E-state index contributed by atoms with van der Waals surface area (Å²) >= 11 is 0. The monoisotopic (exact) mass is 263 g/mol. The molecule has 1 unspecified atom stereocenters. The van der Waals surface area contributed by atoms with E-state index in [2.05, 4.69) is 30.6 Å². The zero-order valence-corrected chi connectivity index (χ0v) is 12.0. The summed E-state index contributed by atoms with van der Waals surface area (Å²) in [6, 6.07) is 8.91. The summed E-state index contributed by atoms with van der Waals surface area (Å²) in [6.45, 7) is 1.86. The fourth-order valence-electron chi connectivity index (χ4n) is 2.77. The van der Waals surface area contributed by atoms with E-state index < -0.39 is 0 Å². The van der Waals surface area contributed by atoms with Crippen LogP contribution in [0.1, 0.15) is 24.8 Å². The lowest BCUT2D eigenvalue weighted by Gasteiger charge is -2.26. The highest BCUT2D eigenvalue weighted by Gasteiger charge is 2.18.